The fourth-order valence-electron chi connectivity index (χ4n) is 2.82. The van der Waals surface area contributed by atoms with E-state index in [2.05, 4.69) is 42.7 Å². The first-order valence-electron chi connectivity index (χ1n) is 8.63. The minimum atomic E-state index is 0.629. The molecule has 0 atom stereocenters. The van der Waals surface area contributed by atoms with E-state index < -0.39 is 0 Å². The van der Waals surface area contributed by atoms with Crippen molar-refractivity contribution in [3.8, 4) is 11.5 Å². The smallest absolute Gasteiger partial charge is 0.208 e. The quantitative estimate of drug-likeness (QED) is 0.678. The lowest BCUT2D eigenvalue weighted by atomic mass is 10.2. The lowest BCUT2D eigenvalue weighted by molar-refractivity contribution is 0.239. The van der Waals surface area contributed by atoms with Crippen LogP contribution in [-0.4, -0.2) is 63.7 Å². The van der Waals surface area contributed by atoms with Crippen molar-refractivity contribution >= 4 is 39.9 Å². The lowest BCUT2D eigenvalue weighted by Crippen LogP contribution is -2.45. The number of thioether (sulfide) groups is 1. The summed E-state index contributed by atoms with van der Waals surface area (Å²) in [5.74, 6) is 1.39. The topological polar surface area (TPSA) is 70.1 Å². The van der Waals surface area contributed by atoms with E-state index in [9.17, 15) is 0 Å². The van der Waals surface area contributed by atoms with Crippen molar-refractivity contribution in [1.82, 2.24) is 24.2 Å². The van der Waals surface area contributed by atoms with Gasteiger partial charge in [-0.05, 0) is 31.3 Å². The molecule has 3 aromatic rings. The Morgan fingerprint density at radius 1 is 1.22 bits per heavy atom. The van der Waals surface area contributed by atoms with Crippen molar-refractivity contribution in [2.75, 3.05) is 44.4 Å². The molecule has 0 aromatic carbocycles. The third-order valence-electron chi connectivity index (χ3n) is 4.22. The average molecular weight is 400 g/mol. The van der Waals surface area contributed by atoms with E-state index in [1.165, 1.54) is 16.4 Å². The first-order chi connectivity index (χ1) is 13.1. The molecule has 1 saturated heterocycles. The van der Waals surface area contributed by atoms with Crippen LogP contribution in [0.2, 0.25) is 0 Å². The first-order valence-corrected chi connectivity index (χ1v) is 10.3. The van der Waals surface area contributed by atoms with Gasteiger partial charge in [-0.15, -0.1) is 11.8 Å². The summed E-state index contributed by atoms with van der Waals surface area (Å²) in [4.78, 5) is 19.0. The number of pyridine rings is 2. The van der Waals surface area contributed by atoms with E-state index >= 15 is 0 Å². The Bertz CT molecular complexity index is 904. The van der Waals surface area contributed by atoms with E-state index in [-0.39, 0.29) is 0 Å². The molecule has 1 fully saturated rings. The standard InChI is InChI=1S/C18H21N7S2/c1-24(2)15-5-4-8-19-17(15)22-18-21-16(23-27-18)14-7-6-12(9-20-14)26-13-10-25(3)11-13/h4-9,13H,10-11H2,1-3H3,(H,19,21,22,23). The van der Waals surface area contributed by atoms with Crippen molar-refractivity contribution in [1.29, 1.82) is 0 Å². The van der Waals surface area contributed by atoms with E-state index in [4.69, 9.17) is 0 Å². The van der Waals surface area contributed by atoms with Gasteiger partial charge >= 0.3 is 0 Å². The number of hydrogen-bond donors (Lipinski definition) is 1. The molecule has 0 saturated carbocycles. The Kier molecular flexibility index (Phi) is 5.24. The minimum Gasteiger partial charge on any atom is -0.375 e. The van der Waals surface area contributed by atoms with E-state index in [1.54, 1.807) is 6.20 Å². The van der Waals surface area contributed by atoms with Crippen molar-refractivity contribution in [2.45, 2.75) is 10.1 Å². The molecule has 4 heterocycles. The Balaban J connectivity index is 1.45. The minimum absolute atomic E-state index is 0.629. The van der Waals surface area contributed by atoms with E-state index in [0.29, 0.717) is 16.2 Å². The lowest BCUT2D eigenvalue weighted by Gasteiger charge is -2.35. The van der Waals surface area contributed by atoms with Crippen LogP contribution < -0.4 is 10.2 Å². The van der Waals surface area contributed by atoms with Gasteiger partial charge in [0.1, 0.15) is 5.69 Å². The second kappa shape index (κ2) is 7.79. The average Bonchev–Trinajstić information content (AvgIpc) is 3.10. The highest BCUT2D eigenvalue weighted by atomic mass is 32.2. The van der Waals surface area contributed by atoms with Gasteiger partial charge < -0.3 is 15.1 Å². The van der Waals surface area contributed by atoms with Crippen LogP contribution in [-0.2, 0) is 0 Å². The summed E-state index contributed by atoms with van der Waals surface area (Å²) in [5.41, 5.74) is 1.78. The molecular formula is C18H21N7S2. The molecular weight excluding hydrogens is 378 g/mol. The van der Waals surface area contributed by atoms with Gasteiger partial charge in [-0.25, -0.2) is 4.98 Å². The third kappa shape index (κ3) is 4.20. The summed E-state index contributed by atoms with van der Waals surface area (Å²) < 4.78 is 4.44. The van der Waals surface area contributed by atoms with Crippen LogP contribution in [0.5, 0.6) is 0 Å². The summed E-state index contributed by atoms with van der Waals surface area (Å²) in [6, 6.07) is 8.01. The van der Waals surface area contributed by atoms with Gasteiger partial charge in [-0.3, -0.25) is 4.98 Å². The van der Waals surface area contributed by atoms with Crippen LogP contribution in [0.1, 0.15) is 0 Å². The predicted octanol–water partition coefficient (Wildman–Crippen LogP) is 3.21. The molecule has 0 amide bonds. The monoisotopic (exact) mass is 399 g/mol. The summed E-state index contributed by atoms with van der Waals surface area (Å²) in [6.45, 7) is 2.27. The van der Waals surface area contributed by atoms with Crippen molar-refractivity contribution in [3.05, 3.63) is 36.7 Å². The molecule has 1 aliphatic heterocycles. The zero-order chi connectivity index (χ0) is 18.8. The Morgan fingerprint density at radius 2 is 2.07 bits per heavy atom. The Hall–Kier alpha value is -2.23. The number of anilines is 3. The molecule has 0 radical (unpaired) electrons. The van der Waals surface area contributed by atoms with Gasteiger partial charge in [0.2, 0.25) is 5.13 Å². The largest absolute Gasteiger partial charge is 0.375 e. The molecule has 27 heavy (non-hydrogen) atoms. The molecule has 0 bridgehead atoms. The number of likely N-dealkylation sites (tertiary alicyclic amines) is 1. The van der Waals surface area contributed by atoms with Crippen LogP contribution in [0.3, 0.4) is 0 Å². The molecule has 0 spiro atoms. The summed E-state index contributed by atoms with van der Waals surface area (Å²) in [5, 5.41) is 4.62. The number of aromatic nitrogens is 4. The van der Waals surface area contributed by atoms with Gasteiger partial charge in [0.05, 0.1) is 5.69 Å². The molecule has 3 aromatic heterocycles. The first kappa shape index (κ1) is 18.1. The molecule has 0 aliphatic carbocycles. The van der Waals surface area contributed by atoms with E-state index in [1.807, 2.05) is 55.2 Å². The Labute approximate surface area is 167 Å². The van der Waals surface area contributed by atoms with Gasteiger partial charge in [0.15, 0.2) is 11.6 Å². The number of nitrogens with zero attached hydrogens (tertiary/aromatic N) is 6. The van der Waals surface area contributed by atoms with Gasteiger partial charge in [0.25, 0.3) is 0 Å². The van der Waals surface area contributed by atoms with Gasteiger partial charge in [0, 0.05) is 61.3 Å². The maximum atomic E-state index is 4.57. The molecule has 9 heteroatoms. The highest BCUT2D eigenvalue weighted by Crippen LogP contribution is 2.30. The van der Waals surface area contributed by atoms with Gasteiger partial charge in [-0.1, -0.05) is 0 Å². The highest BCUT2D eigenvalue weighted by Gasteiger charge is 2.24. The number of nitrogens with one attached hydrogen (secondary N) is 1. The van der Waals surface area contributed by atoms with Crippen LogP contribution in [0.25, 0.3) is 11.5 Å². The predicted molar refractivity (Wildman–Crippen MR) is 112 cm³/mol. The van der Waals surface area contributed by atoms with Crippen molar-refractivity contribution in [2.24, 2.45) is 0 Å². The molecule has 140 valence electrons. The third-order valence-corrected chi connectivity index (χ3v) is 5.99. The molecule has 4 rings (SSSR count). The second-order valence-corrected chi connectivity index (χ2v) is 8.78. The molecule has 1 N–H and O–H groups in total. The summed E-state index contributed by atoms with van der Waals surface area (Å²) in [6.07, 6.45) is 3.67. The summed E-state index contributed by atoms with van der Waals surface area (Å²) >= 11 is 3.19. The summed E-state index contributed by atoms with van der Waals surface area (Å²) in [7, 11) is 6.11. The van der Waals surface area contributed by atoms with Crippen molar-refractivity contribution < 1.29 is 0 Å². The normalized spacial score (nSPS) is 14.8. The Morgan fingerprint density at radius 3 is 2.78 bits per heavy atom. The molecule has 7 nitrogen and oxygen atoms in total. The molecule has 0 unspecified atom stereocenters. The molecule has 1 aliphatic rings. The van der Waals surface area contributed by atoms with Gasteiger partial charge in [-0.2, -0.15) is 9.36 Å². The maximum absolute atomic E-state index is 4.57. The number of rotatable bonds is 6. The van der Waals surface area contributed by atoms with Crippen LogP contribution >= 0.6 is 23.3 Å². The van der Waals surface area contributed by atoms with Crippen molar-refractivity contribution in [3.63, 3.8) is 0 Å². The number of hydrogen-bond acceptors (Lipinski definition) is 9. The highest BCUT2D eigenvalue weighted by molar-refractivity contribution is 8.00. The van der Waals surface area contributed by atoms with E-state index in [0.717, 1.165) is 30.3 Å². The fourth-order valence-corrected chi connectivity index (χ4v) is 4.70. The van der Waals surface area contributed by atoms with Crippen LogP contribution in [0, 0.1) is 0 Å². The van der Waals surface area contributed by atoms with Crippen LogP contribution in [0.4, 0.5) is 16.6 Å². The zero-order valence-electron chi connectivity index (χ0n) is 15.5. The second-order valence-electron chi connectivity index (χ2n) is 6.65. The zero-order valence-corrected chi connectivity index (χ0v) is 17.1. The van der Waals surface area contributed by atoms with Crippen LogP contribution in [0.15, 0.2) is 41.6 Å². The SMILES string of the molecule is CN1CC(Sc2ccc(-c3nsc(Nc4ncccc4N(C)C)n3)nc2)C1. The maximum Gasteiger partial charge on any atom is 0.208 e. The fraction of sp³-hybridized carbons (Fsp3) is 0.333.